The Morgan fingerprint density at radius 3 is 2.37 bits per heavy atom. The zero-order valence-corrected chi connectivity index (χ0v) is 15.8. The zero-order valence-electron chi connectivity index (χ0n) is 15.8. The number of rotatable bonds is 7. The molecule has 0 unspecified atom stereocenters. The van der Waals surface area contributed by atoms with Gasteiger partial charge in [0.1, 0.15) is 6.54 Å². The van der Waals surface area contributed by atoms with Crippen LogP contribution in [0.25, 0.3) is 11.4 Å². The Labute approximate surface area is 157 Å². The first-order valence-electron chi connectivity index (χ1n) is 8.65. The van der Waals surface area contributed by atoms with Crippen LogP contribution in [-0.2, 0) is 6.54 Å². The summed E-state index contributed by atoms with van der Waals surface area (Å²) in [6.07, 6.45) is 0. The van der Waals surface area contributed by atoms with Crippen LogP contribution in [0.15, 0.2) is 42.5 Å². The zero-order chi connectivity index (χ0) is 19.4. The second-order valence-electron chi connectivity index (χ2n) is 6.41. The number of Topliss-reactive ketones (excluding diaryl/α,β-unsaturated/α-hetero) is 1. The van der Waals surface area contributed by atoms with Crippen molar-refractivity contribution < 1.29 is 14.3 Å². The Bertz CT molecular complexity index is 933. The topological polar surface area (TPSA) is 79.1 Å². The minimum Gasteiger partial charge on any atom is -0.493 e. The smallest absolute Gasteiger partial charge is 0.204 e. The van der Waals surface area contributed by atoms with E-state index in [9.17, 15) is 4.79 Å². The molecule has 0 aliphatic heterocycles. The second kappa shape index (κ2) is 7.99. The van der Waals surface area contributed by atoms with Gasteiger partial charge in [0.2, 0.25) is 5.82 Å². The van der Waals surface area contributed by atoms with Gasteiger partial charge in [0.15, 0.2) is 17.3 Å². The fourth-order valence-corrected chi connectivity index (χ4v) is 2.67. The van der Waals surface area contributed by atoms with Gasteiger partial charge in [0, 0.05) is 11.1 Å². The largest absolute Gasteiger partial charge is 0.493 e. The Hall–Kier alpha value is -3.22. The molecule has 0 fully saturated rings. The molecular weight excluding hydrogens is 344 g/mol. The third-order valence-corrected chi connectivity index (χ3v) is 4.28. The van der Waals surface area contributed by atoms with Gasteiger partial charge in [-0.05, 0) is 34.9 Å². The Balaban J connectivity index is 1.74. The molecule has 0 bridgehead atoms. The van der Waals surface area contributed by atoms with E-state index in [1.807, 2.05) is 12.1 Å². The summed E-state index contributed by atoms with van der Waals surface area (Å²) in [4.78, 5) is 13.8. The predicted octanol–water partition coefficient (Wildman–Crippen LogP) is 3.36. The lowest BCUT2D eigenvalue weighted by Crippen LogP contribution is -2.13. The maximum atomic E-state index is 12.5. The van der Waals surface area contributed by atoms with E-state index in [4.69, 9.17) is 9.47 Å². The third kappa shape index (κ3) is 4.13. The Morgan fingerprint density at radius 1 is 1.04 bits per heavy atom. The molecule has 0 atom stereocenters. The Kier molecular flexibility index (Phi) is 5.49. The lowest BCUT2D eigenvalue weighted by atomic mass is 10.0. The summed E-state index contributed by atoms with van der Waals surface area (Å²) < 4.78 is 10.4. The van der Waals surface area contributed by atoms with Gasteiger partial charge in [-0.2, -0.15) is 4.80 Å². The van der Waals surface area contributed by atoms with Crippen LogP contribution >= 0.6 is 0 Å². The van der Waals surface area contributed by atoms with Crippen LogP contribution in [0.2, 0.25) is 0 Å². The lowest BCUT2D eigenvalue weighted by molar-refractivity contribution is 0.0961. The van der Waals surface area contributed by atoms with E-state index < -0.39 is 0 Å². The van der Waals surface area contributed by atoms with Crippen molar-refractivity contribution in [2.24, 2.45) is 0 Å². The van der Waals surface area contributed by atoms with Crippen molar-refractivity contribution in [3.8, 4) is 22.9 Å². The summed E-state index contributed by atoms with van der Waals surface area (Å²) in [7, 11) is 3.08. The van der Waals surface area contributed by atoms with E-state index in [1.165, 1.54) is 17.5 Å². The average Bonchev–Trinajstić information content (AvgIpc) is 3.15. The quantitative estimate of drug-likeness (QED) is 0.597. The van der Waals surface area contributed by atoms with Gasteiger partial charge in [-0.1, -0.05) is 38.1 Å². The van der Waals surface area contributed by atoms with Gasteiger partial charge in [-0.3, -0.25) is 4.79 Å². The third-order valence-electron chi connectivity index (χ3n) is 4.28. The van der Waals surface area contributed by atoms with Crippen LogP contribution < -0.4 is 9.47 Å². The molecule has 3 aromatic rings. The van der Waals surface area contributed by atoms with Gasteiger partial charge in [-0.25, -0.2) is 0 Å². The number of nitrogens with zero attached hydrogens (tertiary/aromatic N) is 4. The van der Waals surface area contributed by atoms with E-state index in [2.05, 4.69) is 41.4 Å². The summed E-state index contributed by atoms with van der Waals surface area (Å²) in [5.41, 5.74) is 2.60. The summed E-state index contributed by atoms with van der Waals surface area (Å²) in [6, 6.07) is 13.1. The number of methoxy groups -OCH3 is 2. The molecule has 0 saturated heterocycles. The highest BCUT2D eigenvalue weighted by atomic mass is 16.5. The normalized spacial score (nSPS) is 10.9. The van der Waals surface area contributed by atoms with E-state index in [1.54, 1.807) is 25.3 Å². The molecule has 0 aliphatic carbocycles. The number of ketones is 1. The van der Waals surface area contributed by atoms with Crippen molar-refractivity contribution in [1.82, 2.24) is 20.2 Å². The van der Waals surface area contributed by atoms with Crippen molar-refractivity contribution in [1.29, 1.82) is 0 Å². The van der Waals surface area contributed by atoms with Gasteiger partial charge in [-0.15, -0.1) is 10.2 Å². The molecule has 0 aliphatic rings. The van der Waals surface area contributed by atoms with E-state index in [0.29, 0.717) is 28.8 Å². The molecule has 0 radical (unpaired) electrons. The highest BCUT2D eigenvalue weighted by Crippen LogP contribution is 2.27. The number of hydrogen-bond donors (Lipinski definition) is 0. The minimum absolute atomic E-state index is 0.00738. The molecule has 140 valence electrons. The molecule has 0 saturated carbocycles. The van der Waals surface area contributed by atoms with Crippen LogP contribution in [0, 0.1) is 0 Å². The SMILES string of the molecule is COc1ccc(C(=O)Cn2nnc(-c3ccc(C(C)C)cc3)n2)cc1OC. The van der Waals surface area contributed by atoms with Crippen molar-refractivity contribution in [3.05, 3.63) is 53.6 Å². The van der Waals surface area contributed by atoms with E-state index >= 15 is 0 Å². The maximum absolute atomic E-state index is 12.5. The summed E-state index contributed by atoms with van der Waals surface area (Å²) in [6.45, 7) is 4.28. The number of hydrogen-bond acceptors (Lipinski definition) is 6. The van der Waals surface area contributed by atoms with Crippen molar-refractivity contribution in [3.63, 3.8) is 0 Å². The van der Waals surface area contributed by atoms with Gasteiger partial charge < -0.3 is 9.47 Å². The average molecular weight is 366 g/mol. The number of ether oxygens (including phenoxy) is 2. The summed E-state index contributed by atoms with van der Waals surface area (Å²) in [5, 5.41) is 12.4. The molecule has 7 nitrogen and oxygen atoms in total. The van der Waals surface area contributed by atoms with Crippen molar-refractivity contribution >= 4 is 5.78 Å². The first kappa shape index (κ1) is 18.6. The van der Waals surface area contributed by atoms with Crippen LogP contribution in [0.5, 0.6) is 11.5 Å². The first-order valence-corrected chi connectivity index (χ1v) is 8.65. The Morgan fingerprint density at radius 2 is 1.74 bits per heavy atom. The molecule has 3 rings (SSSR count). The lowest BCUT2D eigenvalue weighted by Gasteiger charge is -2.08. The summed E-state index contributed by atoms with van der Waals surface area (Å²) in [5.74, 6) is 1.88. The molecule has 1 aromatic heterocycles. The highest BCUT2D eigenvalue weighted by molar-refractivity contribution is 5.96. The van der Waals surface area contributed by atoms with E-state index in [0.717, 1.165) is 5.56 Å². The first-order chi connectivity index (χ1) is 13.0. The van der Waals surface area contributed by atoms with Gasteiger partial charge in [0.05, 0.1) is 14.2 Å². The molecule has 1 heterocycles. The highest BCUT2D eigenvalue weighted by Gasteiger charge is 2.14. The molecule has 2 aromatic carbocycles. The molecule has 27 heavy (non-hydrogen) atoms. The fraction of sp³-hybridized carbons (Fsp3) is 0.300. The molecule has 0 spiro atoms. The number of carbonyl (C=O) groups excluding carboxylic acids is 1. The molecule has 0 N–H and O–H groups in total. The number of carbonyl (C=O) groups is 1. The second-order valence-corrected chi connectivity index (χ2v) is 6.41. The van der Waals surface area contributed by atoms with Crippen LogP contribution in [0.1, 0.15) is 35.7 Å². The fourth-order valence-electron chi connectivity index (χ4n) is 2.67. The van der Waals surface area contributed by atoms with Gasteiger partial charge in [0.25, 0.3) is 0 Å². The molecule has 0 amide bonds. The number of aromatic nitrogens is 4. The van der Waals surface area contributed by atoms with Crippen molar-refractivity contribution in [2.75, 3.05) is 14.2 Å². The molecular formula is C20H22N4O3. The predicted molar refractivity (Wildman–Crippen MR) is 101 cm³/mol. The molecule has 7 heteroatoms. The maximum Gasteiger partial charge on any atom is 0.204 e. The monoisotopic (exact) mass is 366 g/mol. The van der Waals surface area contributed by atoms with Crippen LogP contribution in [-0.4, -0.2) is 40.2 Å². The summed E-state index contributed by atoms with van der Waals surface area (Å²) >= 11 is 0. The van der Waals surface area contributed by atoms with Gasteiger partial charge >= 0.3 is 0 Å². The van der Waals surface area contributed by atoms with Crippen LogP contribution in [0.4, 0.5) is 0 Å². The minimum atomic E-state index is -0.143. The number of tetrazole rings is 1. The number of benzene rings is 2. The van der Waals surface area contributed by atoms with Crippen LogP contribution in [0.3, 0.4) is 0 Å². The standard InChI is InChI=1S/C20H22N4O3/c1-13(2)14-5-7-15(8-6-14)20-21-23-24(22-20)12-17(25)16-9-10-18(26-3)19(11-16)27-4/h5-11,13H,12H2,1-4H3. The van der Waals surface area contributed by atoms with Crippen molar-refractivity contribution in [2.45, 2.75) is 26.3 Å². The van der Waals surface area contributed by atoms with E-state index in [-0.39, 0.29) is 12.3 Å².